The van der Waals surface area contributed by atoms with E-state index in [4.69, 9.17) is 0 Å². The number of para-hydroxylation sites is 1. The van der Waals surface area contributed by atoms with E-state index >= 15 is 0 Å². The van der Waals surface area contributed by atoms with Crippen LogP contribution in [0.25, 0.3) is 5.69 Å². The highest BCUT2D eigenvalue weighted by molar-refractivity contribution is 6.08. The van der Waals surface area contributed by atoms with Gasteiger partial charge in [-0.1, -0.05) is 39.0 Å². The number of benzene rings is 1. The second-order valence-corrected chi connectivity index (χ2v) is 7.10. The Labute approximate surface area is 150 Å². The third kappa shape index (κ3) is 3.03. The highest BCUT2D eigenvalue weighted by atomic mass is 16.2. The molecule has 0 spiro atoms. The van der Waals surface area contributed by atoms with E-state index in [1.165, 1.54) is 11.0 Å². The normalized spacial score (nSPS) is 19.8. The molecule has 9 nitrogen and oxygen atoms in total. The molecule has 4 amide bonds. The molecule has 0 bridgehead atoms. The van der Waals surface area contributed by atoms with Crippen molar-refractivity contribution in [1.29, 1.82) is 0 Å². The van der Waals surface area contributed by atoms with Crippen LogP contribution in [0, 0.1) is 5.41 Å². The van der Waals surface area contributed by atoms with E-state index in [2.05, 4.69) is 26.1 Å². The van der Waals surface area contributed by atoms with E-state index in [9.17, 15) is 14.4 Å². The molecule has 1 atom stereocenters. The SMILES string of the molecule is CC(C)(C)[C@]1(CNC(=O)c2cnn(-c3ccccc3)n2)NC(=O)NC1=O. The number of hydrogen-bond donors (Lipinski definition) is 3. The molecule has 1 fully saturated rings. The van der Waals surface area contributed by atoms with E-state index in [1.54, 1.807) is 0 Å². The van der Waals surface area contributed by atoms with Crippen molar-refractivity contribution in [2.45, 2.75) is 26.3 Å². The molecule has 1 aromatic heterocycles. The van der Waals surface area contributed by atoms with E-state index in [0.717, 1.165) is 5.69 Å². The van der Waals surface area contributed by atoms with Gasteiger partial charge in [0.2, 0.25) is 0 Å². The molecule has 136 valence electrons. The Morgan fingerprint density at radius 3 is 2.50 bits per heavy atom. The molecule has 1 saturated heterocycles. The van der Waals surface area contributed by atoms with Crippen molar-refractivity contribution in [3.63, 3.8) is 0 Å². The Morgan fingerprint density at radius 1 is 1.23 bits per heavy atom. The van der Waals surface area contributed by atoms with Gasteiger partial charge in [0.1, 0.15) is 5.54 Å². The van der Waals surface area contributed by atoms with Gasteiger partial charge in [0.25, 0.3) is 11.8 Å². The molecule has 3 rings (SSSR count). The lowest BCUT2D eigenvalue weighted by atomic mass is 9.73. The van der Waals surface area contributed by atoms with Crippen LogP contribution in [0.15, 0.2) is 36.5 Å². The van der Waals surface area contributed by atoms with Gasteiger partial charge in [-0.2, -0.15) is 9.90 Å². The lowest BCUT2D eigenvalue weighted by Crippen LogP contribution is -2.63. The van der Waals surface area contributed by atoms with Crippen molar-refractivity contribution in [2.24, 2.45) is 5.41 Å². The first kappa shape index (κ1) is 17.6. The number of imide groups is 1. The number of carbonyl (C=O) groups excluding carboxylic acids is 3. The number of aromatic nitrogens is 3. The maximum atomic E-state index is 12.4. The van der Waals surface area contributed by atoms with Gasteiger partial charge in [-0.25, -0.2) is 4.79 Å². The number of nitrogens with one attached hydrogen (secondary N) is 3. The fraction of sp³-hybridized carbons (Fsp3) is 0.353. The Bertz CT molecular complexity index is 855. The topological polar surface area (TPSA) is 118 Å². The molecular weight excluding hydrogens is 336 g/mol. The highest BCUT2D eigenvalue weighted by Crippen LogP contribution is 2.32. The monoisotopic (exact) mass is 356 g/mol. The van der Waals surface area contributed by atoms with E-state index in [-0.39, 0.29) is 12.2 Å². The standard InChI is InChI=1S/C17H20N6O3/c1-16(2,3)17(14(25)20-15(26)21-17)10-18-13(24)12-9-19-23(22-12)11-7-5-4-6-8-11/h4-9H,10H2,1-3H3,(H,18,24)(H2,20,21,25,26)/t17-/m1/s1. The van der Waals surface area contributed by atoms with E-state index in [1.807, 2.05) is 51.1 Å². The number of rotatable bonds is 4. The van der Waals surface area contributed by atoms with Crippen molar-refractivity contribution in [1.82, 2.24) is 30.9 Å². The minimum absolute atomic E-state index is 0.0644. The Balaban J connectivity index is 1.75. The summed E-state index contributed by atoms with van der Waals surface area (Å²) in [4.78, 5) is 37.7. The number of amides is 4. The maximum Gasteiger partial charge on any atom is 0.322 e. The summed E-state index contributed by atoms with van der Waals surface area (Å²) in [6.45, 7) is 5.38. The largest absolute Gasteiger partial charge is 0.348 e. The molecule has 1 aliphatic heterocycles. The fourth-order valence-electron chi connectivity index (χ4n) is 2.77. The van der Waals surface area contributed by atoms with Crippen molar-refractivity contribution in [2.75, 3.05) is 6.54 Å². The third-order valence-electron chi connectivity index (χ3n) is 4.45. The lowest BCUT2D eigenvalue weighted by Gasteiger charge is -2.38. The molecule has 2 heterocycles. The molecule has 9 heteroatoms. The molecule has 3 N–H and O–H groups in total. The van der Waals surface area contributed by atoms with Gasteiger partial charge >= 0.3 is 6.03 Å². The molecule has 2 aromatic rings. The summed E-state index contributed by atoms with van der Waals surface area (Å²) < 4.78 is 0. The predicted octanol–water partition coefficient (Wildman–Crippen LogP) is 0.621. The molecule has 0 aliphatic carbocycles. The molecule has 0 saturated carbocycles. The average molecular weight is 356 g/mol. The maximum absolute atomic E-state index is 12.4. The first-order chi connectivity index (χ1) is 12.2. The first-order valence-corrected chi connectivity index (χ1v) is 8.12. The van der Waals surface area contributed by atoms with Crippen molar-refractivity contribution in [3.05, 3.63) is 42.2 Å². The molecule has 1 aromatic carbocycles. The molecule has 0 radical (unpaired) electrons. The average Bonchev–Trinajstić information content (AvgIpc) is 3.18. The summed E-state index contributed by atoms with van der Waals surface area (Å²) in [5, 5.41) is 15.8. The highest BCUT2D eigenvalue weighted by Gasteiger charge is 2.54. The molecule has 0 unspecified atom stereocenters. The van der Waals surface area contributed by atoms with E-state index in [0.29, 0.717) is 0 Å². The second kappa shape index (κ2) is 6.25. The van der Waals surface area contributed by atoms with Crippen LogP contribution in [0.3, 0.4) is 0 Å². The van der Waals surface area contributed by atoms with Gasteiger partial charge in [0.05, 0.1) is 18.4 Å². The zero-order valence-electron chi connectivity index (χ0n) is 14.7. The number of hydrogen-bond acceptors (Lipinski definition) is 5. The zero-order chi connectivity index (χ0) is 18.9. The number of urea groups is 1. The predicted molar refractivity (Wildman–Crippen MR) is 92.6 cm³/mol. The fourth-order valence-corrected chi connectivity index (χ4v) is 2.77. The van der Waals surface area contributed by atoms with Crippen LogP contribution in [0.5, 0.6) is 0 Å². The smallest absolute Gasteiger partial charge is 0.322 e. The molecule has 1 aliphatic rings. The zero-order valence-corrected chi connectivity index (χ0v) is 14.7. The summed E-state index contributed by atoms with van der Waals surface area (Å²) in [6.07, 6.45) is 1.35. The Kier molecular flexibility index (Phi) is 4.23. The van der Waals surface area contributed by atoms with Crippen LogP contribution in [0.2, 0.25) is 0 Å². The van der Waals surface area contributed by atoms with Crippen LogP contribution in [0.1, 0.15) is 31.3 Å². The molecule has 26 heavy (non-hydrogen) atoms. The first-order valence-electron chi connectivity index (χ1n) is 8.12. The summed E-state index contributed by atoms with van der Waals surface area (Å²) in [6, 6.07) is 8.60. The third-order valence-corrected chi connectivity index (χ3v) is 4.45. The van der Waals surface area contributed by atoms with E-state index < -0.39 is 28.8 Å². The van der Waals surface area contributed by atoms with Gasteiger partial charge in [-0.3, -0.25) is 14.9 Å². The van der Waals surface area contributed by atoms with Crippen LogP contribution < -0.4 is 16.0 Å². The minimum atomic E-state index is -1.24. The number of nitrogens with zero attached hydrogens (tertiary/aromatic N) is 3. The van der Waals surface area contributed by atoms with Gasteiger partial charge in [-0.15, -0.1) is 5.10 Å². The molecular formula is C17H20N6O3. The van der Waals surface area contributed by atoms with Crippen molar-refractivity contribution >= 4 is 17.8 Å². The van der Waals surface area contributed by atoms with Crippen LogP contribution in [-0.4, -0.2) is 44.9 Å². The summed E-state index contributed by atoms with van der Waals surface area (Å²) in [7, 11) is 0. The van der Waals surface area contributed by atoms with Gasteiger partial charge < -0.3 is 10.6 Å². The quantitative estimate of drug-likeness (QED) is 0.694. The summed E-state index contributed by atoms with van der Waals surface area (Å²) in [5.74, 6) is -0.951. The van der Waals surface area contributed by atoms with Crippen molar-refractivity contribution < 1.29 is 14.4 Å². The number of carbonyl (C=O) groups is 3. The summed E-state index contributed by atoms with van der Waals surface area (Å²) in [5.41, 5.74) is -1.02. The van der Waals surface area contributed by atoms with Gasteiger partial charge in [0.15, 0.2) is 5.69 Å². The summed E-state index contributed by atoms with van der Waals surface area (Å²) >= 11 is 0. The van der Waals surface area contributed by atoms with Gasteiger partial charge in [0, 0.05) is 0 Å². The van der Waals surface area contributed by atoms with Gasteiger partial charge in [-0.05, 0) is 17.5 Å². The lowest BCUT2D eigenvalue weighted by molar-refractivity contribution is -0.127. The van der Waals surface area contributed by atoms with Crippen LogP contribution >= 0.6 is 0 Å². The second-order valence-electron chi connectivity index (χ2n) is 7.10. The Morgan fingerprint density at radius 2 is 1.92 bits per heavy atom. The minimum Gasteiger partial charge on any atom is -0.348 e. The van der Waals surface area contributed by atoms with Crippen LogP contribution in [-0.2, 0) is 4.79 Å². The Hall–Kier alpha value is -3.23. The van der Waals surface area contributed by atoms with Crippen molar-refractivity contribution in [3.8, 4) is 5.69 Å². The van der Waals surface area contributed by atoms with Crippen LogP contribution in [0.4, 0.5) is 4.79 Å².